The maximum atomic E-state index is 13.1. The van der Waals surface area contributed by atoms with Crippen molar-refractivity contribution in [2.24, 2.45) is 0 Å². The van der Waals surface area contributed by atoms with Crippen molar-refractivity contribution in [2.45, 2.75) is 31.2 Å². The number of halogens is 3. The molecule has 2 aromatic rings. The Bertz CT molecular complexity index is 1010. The molecule has 2 aromatic carbocycles. The van der Waals surface area contributed by atoms with Crippen LogP contribution in [0, 0.1) is 0 Å². The number of carbonyl (C=O) groups excluding carboxylic acids is 2. The lowest BCUT2D eigenvalue weighted by Crippen LogP contribution is -2.37. The summed E-state index contributed by atoms with van der Waals surface area (Å²) in [6.45, 7) is 0.363. The third-order valence-electron chi connectivity index (χ3n) is 5.51. The Morgan fingerprint density at radius 3 is 2.48 bits per heavy atom. The molecular weight excluding hydrogens is 441 g/mol. The van der Waals surface area contributed by atoms with Crippen LogP contribution in [0.25, 0.3) is 0 Å². The van der Waals surface area contributed by atoms with Gasteiger partial charge in [0.25, 0.3) is 5.91 Å². The van der Waals surface area contributed by atoms with E-state index in [1.54, 1.807) is 29.2 Å². The van der Waals surface area contributed by atoms with Crippen LogP contribution >= 0.6 is 0 Å². The van der Waals surface area contributed by atoms with Gasteiger partial charge in [-0.1, -0.05) is 18.2 Å². The molecule has 178 valence electrons. The topological polar surface area (TPSA) is 77.1 Å². The fourth-order valence-corrected chi connectivity index (χ4v) is 3.89. The zero-order chi connectivity index (χ0) is 24.2. The fourth-order valence-electron chi connectivity index (χ4n) is 3.89. The van der Waals surface area contributed by atoms with Crippen molar-refractivity contribution < 1.29 is 37.0 Å². The second-order valence-electron chi connectivity index (χ2n) is 7.64. The second-order valence-corrected chi connectivity index (χ2v) is 7.64. The molecule has 7 nitrogen and oxygen atoms in total. The van der Waals surface area contributed by atoms with Crippen LogP contribution in [0.2, 0.25) is 0 Å². The summed E-state index contributed by atoms with van der Waals surface area (Å²) in [5.74, 6) is -0.0535. The van der Waals surface area contributed by atoms with E-state index in [2.05, 4.69) is 5.32 Å². The van der Waals surface area contributed by atoms with Gasteiger partial charge in [-0.2, -0.15) is 13.2 Å². The third kappa shape index (κ3) is 5.75. The Morgan fingerprint density at radius 2 is 1.85 bits per heavy atom. The van der Waals surface area contributed by atoms with Crippen LogP contribution < -0.4 is 14.8 Å². The van der Waals surface area contributed by atoms with E-state index in [0.29, 0.717) is 22.6 Å². The monoisotopic (exact) mass is 466 g/mol. The zero-order valence-electron chi connectivity index (χ0n) is 18.4. The molecule has 0 radical (unpaired) electrons. The number of rotatable bonds is 7. The van der Waals surface area contributed by atoms with Crippen LogP contribution in [0.3, 0.4) is 0 Å². The Kier molecular flexibility index (Phi) is 7.47. The Hall–Kier alpha value is -3.27. The van der Waals surface area contributed by atoms with Crippen molar-refractivity contribution in [3.63, 3.8) is 0 Å². The minimum Gasteiger partial charge on any atom is -0.497 e. The van der Waals surface area contributed by atoms with Crippen molar-refractivity contribution in [1.29, 1.82) is 0 Å². The molecule has 1 saturated heterocycles. The Morgan fingerprint density at radius 1 is 1.09 bits per heavy atom. The van der Waals surface area contributed by atoms with E-state index in [4.69, 9.17) is 14.2 Å². The normalized spacial score (nSPS) is 18.6. The second kappa shape index (κ2) is 10.1. The first-order chi connectivity index (χ1) is 15.7. The SMILES string of the molecule is COC(=O)[C@@H]1C[C@H](NC(=O)c2ccc(OC)cc2OC)CN1Cc1cccc(C(F)(F)F)c1. The molecule has 33 heavy (non-hydrogen) atoms. The van der Waals surface area contributed by atoms with E-state index in [1.807, 2.05) is 0 Å². The van der Waals surface area contributed by atoms with Gasteiger partial charge in [0.2, 0.25) is 0 Å². The first kappa shape index (κ1) is 24.4. The van der Waals surface area contributed by atoms with Gasteiger partial charge >= 0.3 is 12.1 Å². The molecule has 2 atom stereocenters. The zero-order valence-corrected chi connectivity index (χ0v) is 18.4. The van der Waals surface area contributed by atoms with Crippen molar-refractivity contribution in [1.82, 2.24) is 10.2 Å². The first-order valence-electron chi connectivity index (χ1n) is 10.2. The van der Waals surface area contributed by atoms with E-state index in [9.17, 15) is 22.8 Å². The van der Waals surface area contributed by atoms with Crippen molar-refractivity contribution in [3.8, 4) is 11.5 Å². The van der Waals surface area contributed by atoms with Crippen LogP contribution in [-0.2, 0) is 22.3 Å². The molecule has 0 bridgehead atoms. The smallest absolute Gasteiger partial charge is 0.416 e. The van der Waals surface area contributed by atoms with E-state index >= 15 is 0 Å². The van der Waals surface area contributed by atoms with Gasteiger partial charge in [0, 0.05) is 25.2 Å². The highest BCUT2D eigenvalue weighted by Crippen LogP contribution is 2.31. The highest BCUT2D eigenvalue weighted by Gasteiger charge is 2.39. The average molecular weight is 466 g/mol. The number of methoxy groups -OCH3 is 3. The number of ether oxygens (including phenoxy) is 3. The quantitative estimate of drug-likeness (QED) is 0.632. The molecule has 1 N–H and O–H groups in total. The molecule has 0 aromatic heterocycles. The summed E-state index contributed by atoms with van der Waals surface area (Å²) in [6.07, 6.45) is -4.20. The van der Waals surface area contributed by atoms with Crippen molar-refractivity contribution >= 4 is 11.9 Å². The lowest BCUT2D eigenvalue weighted by Gasteiger charge is -2.22. The number of amides is 1. The summed E-state index contributed by atoms with van der Waals surface area (Å²) >= 11 is 0. The van der Waals surface area contributed by atoms with Crippen LogP contribution in [0.4, 0.5) is 13.2 Å². The molecule has 0 saturated carbocycles. The van der Waals surface area contributed by atoms with E-state index in [0.717, 1.165) is 12.1 Å². The van der Waals surface area contributed by atoms with Gasteiger partial charge in [-0.15, -0.1) is 0 Å². The number of benzene rings is 2. The van der Waals surface area contributed by atoms with Gasteiger partial charge in [-0.3, -0.25) is 14.5 Å². The van der Waals surface area contributed by atoms with Gasteiger partial charge in [-0.25, -0.2) is 0 Å². The molecular formula is C23H25F3N2O5. The van der Waals surface area contributed by atoms with Crippen LogP contribution in [0.5, 0.6) is 11.5 Å². The lowest BCUT2D eigenvalue weighted by atomic mass is 10.1. The number of carbonyl (C=O) groups is 2. The Balaban J connectivity index is 1.76. The fraction of sp³-hybridized carbons (Fsp3) is 0.391. The van der Waals surface area contributed by atoms with Crippen molar-refractivity contribution in [3.05, 3.63) is 59.2 Å². The first-order valence-corrected chi connectivity index (χ1v) is 10.2. The minimum absolute atomic E-state index is 0.0991. The van der Waals surface area contributed by atoms with Crippen LogP contribution in [-0.4, -0.2) is 56.7 Å². The molecule has 1 heterocycles. The van der Waals surface area contributed by atoms with Gasteiger partial charge in [0.05, 0.1) is 32.5 Å². The summed E-state index contributed by atoms with van der Waals surface area (Å²) in [4.78, 5) is 26.9. The Labute approximate surface area is 189 Å². The van der Waals surface area contributed by atoms with E-state index < -0.39 is 35.7 Å². The highest BCUT2D eigenvalue weighted by atomic mass is 19.4. The van der Waals surface area contributed by atoms with Crippen LogP contribution in [0.1, 0.15) is 27.9 Å². The molecule has 3 rings (SSSR count). The number of likely N-dealkylation sites (tertiary alicyclic amines) is 1. The summed E-state index contributed by atoms with van der Waals surface area (Å²) in [5.41, 5.74) is -0.0583. The molecule has 1 aliphatic rings. The number of hydrogen-bond donors (Lipinski definition) is 1. The molecule has 1 aliphatic heterocycles. The maximum absolute atomic E-state index is 13.1. The largest absolute Gasteiger partial charge is 0.497 e. The predicted octanol–water partition coefficient (Wildman–Crippen LogP) is 3.27. The molecule has 0 aliphatic carbocycles. The maximum Gasteiger partial charge on any atom is 0.416 e. The van der Waals surface area contributed by atoms with Gasteiger partial charge in [0.1, 0.15) is 17.5 Å². The van der Waals surface area contributed by atoms with E-state index in [1.165, 1.54) is 27.4 Å². The summed E-state index contributed by atoms with van der Waals surface area (Å²) in [6, 6.07) is 8.61. The number of nitrogens with one attached hydrogen (secondary N) is 1. The van der Waals surface area contributed by atoms with Crippen molar-refractivity contribution in [2.75, 3.05) is 27.9 Å². The highest BCUT2D eigenvalue weighted by molar-refractivity contribution is 5.97. The third-order valence-corrected chi connectivity index (χ3v) is 5.51. The predicted molar refractivity (Wildman–Crippen MR) is 113 cm³/mol. The minimum atomic E-state index is -4.46. The summed E-state index contributed by atoms with van der Waals surface area (Å²) in [5, 5.41) is 2.88. The standard InChI is InChI=1S/C23H25F3N2O5/c1-31-17-7-8-18(20(11-17)32-2)21(29)27-16-10-19(22(30)33-3)28(13-16)12-14-5-4-6-15(9-14)23(24,25)26/h4-9,11,16,19H,10,12-13H2,1-3H3,(H,27,29)/t16-,19-/m0/s1. The summed E-state index contributed by atoms with van der Waals surface area (Å²) in [7, 11) is 4.18. The molecule has 0 spiro atoms. The number of alkyl halides is 3. The summed E-state index contributed by atoms with van der Waals surface area (Å²) < 4.78 is 54.5. The number of esters is 1. The van der Waals surface area contributed by atoms with Crippen LogP contribution in [0.15, 0.2) is 42.5 Å². The number of hydrogen-bond acceptors (Lipinski definition) is 6. The molecule has 1 fully saturated rings. The molecule has 0 unspecified atom stereocenters. The van der Waals surface area contributed by atoms with Gasteiger partial charge < -0.3 is 19.5 Å². The molecule has 1 amide bonds. The van der Waals surface area contributed by atoms with E-state index in [-0.39, 0.29) is 19.5 Å². The van der Waals surface area contributed by atoms with Gasteiger partial charge in [0.15, 0.2) is 0 Å². The lowest BCUT2D eigenvalue weighted by molar-refractivity contribution is -0.146. The average Bonchev–Trinajstić information content (AvgIpc) is 3.19. The van der Waals surface area contributed by atoms with Gasteiger partial charge in [-0.05, 0) is 30.2 Å². The number of nitrogens with zero attached hydrogens (tertiary/aromatic N) is 1. The molecule has 10 heteroatoms.